The second-order valence-electron chi connectivity index (χ2n) is 4.19. The number of hydrogen-bond acceptors (Lipinski definition) is 4. The lowest BCUT2D eigenvalue weighted by Gasteiger charge is -2.06. The summed E-state index contributed by atoms with van der Waals surface area (Å²) in [5.74, 6) is 0.671. The molecule has 0 aliphatic carbocycles. The standard InChI is InChI=1S/C13H14ClN5/c1-9-10(8-17-19-9)3-2-6-16-13-5-4-11(14)12(7-15)18-13/h4-5,8H,2-3,6H2,1H3,(H,16,18)(H,17,19). The van der Waals surface area contributed by atoms with Crippen molar-refractivity contribution in [2.24, 2.45) is 0 Å². The number of nitrogens with zero attached hydrogens (tertiary/aromatic N) is 3. The summed E-state index contributed by atoms with van der Waals surface area (Å²) in [6.07, 6.45) is 3.77. The van der Waals surface area contributed by atoms with Crippen LogP contribution < -0.4 is 5.32 Å². The van der Waals surface area contributed by atoms with E-state index in [1.165, 1.54) is 5.56 Å². The third-order valence-electron chi connectivity index (χ3n) is 2.82. The lowest BCUT2D eigenvalue weighted by molar-refractivity contribution is 0.853. The largest absolute Gasteiger partial charge is 0.370 e. The molecule has 2 aromatic rings. The van der Waals surface area contributed by atoms with E-state index in [2.05, 4.69) is 20.5 Å². The number of H-pyrrole nitrogens is 1. The van der Waals surface area contributed by atoms with Crippen LogP contribution in [0.3, 0.4) is 0 Å². The van der Waals surface area contributed by atoms with E-state index in [0.29, 0.717) is 10.8 Å². The Hall–Kier alpha value is -2.06. The Morgan fingerprint density at radius 3 is 3.00 bits per heavy atom. The SMILES string of the molecule is Cc1[nH]ncc1CCCNc1ccc(Cl)c(C#N)n1. The fourth-order valence-corrected chi connectivity index (χ4v) is 1.89. The molecule has 0 saturated heterocycles. The van der Waals surface area contributed by atoms with E-state index >= 15 is 0 Å². The zero-order valence-electron chi connectivity index (χ0n) is 10.6. The van der Waals surface area contributed by atoms with Crippen LogP contribution in [0.25, 0.3) is 0 Å². The van der Waals surface area contributed by atoms with Crippen LogP contribution in [0.15, 0.2) is 18.3 Å². The molecular weight excluding hydrogens is 262 g/mol. The number of aromatic amines is 1. The second kappa shape index (κ2) is 6.21. The normalized spacial score (nSPS) is 10.2. The zero-order chi connectivity index (χ0) is 13.7. The quantitative estimate of drug-likeness (QED) is 0.823. The number of nitriles is 1. The summed E-state index contributed by atoms with van der Waals surface area (Å²) in [6, 6.07) is 5.41. The van der Waals surface area contributed by atoms with Gasteiger partial charge in [-0.3, -0.25) is 5.10 Å². The molecule has 98 valence electrons. The van der Waals surface area contributed by atoms with E-state index in [-0.39, 0.29) is 5.69 Å². The first-order chi connectivity index (χ1) is 9.20. The van der Waals surface area contributed by atoms with Crippen LogP contribution in [0, 0.1) is 18.3 Å². The van der Waals surface area contributed by atoms with Gasteiger partial charge in [-0.15, -0.1) is 0 Å². The monoisotopic (exact) mass is 275 g/mol. The van der Waals surface area contributed by atoms with E-state index < -0.39 is 0 Å². The number of aryl methyl sites for hydroxylation is 2. The van der Waals surface area contributed by atoms with Gasteiger partial charge >= 0.3 is 0 Å². The maximum absolute atomic E-state index is 8.83. The van der Waals surface area contributed by atoms with Crippen molar-refractivity contribution in [2.45, 2.75) is 19.8 Å². The Kier molecular flexibility index (Phi) is 4.37. The molecule has 5 nitrogen and oxygen atoms in total. The number of anilines is 1. The fraction of sp³-hybridized carbons (Fsp3) is 0.308. The van der Waals surface area contributed by atoms with Crippen molar-refractivity contribution < 1.29 is 0 Å². The molecule has 2 rings (SSSR count). The average molecular weight is 276 g/mol. The van der Waals surface area contributed by atoms with Crippen molar-refractivity contribution in [1.29, 1.82) is 5.26 Å². The van der Waals surface area contributed by atoms with Gasteiger partial charge < -0.3 is 5.32 Å². The van der Waals surface area contributed by atoms with Crippen LogP contribution in [-0.4, -0.2) is 21.7 Å². The van der Waals surface area contributed by atoms with E-state index in [1.54, 1.807) is 12.1 Å². The Morgan fingerprint density at radius 1 is 1.47 bits per heavy atom. The number of hydrogen-bond donors (Lipinski definition) is 2. The molecule has 0 aromatic carbocycles. The van der Waals surface area contributed by atoms with E-state index in [0.717, 1.165) is 25.1 Å². The highest BCUT2D eigenvalue weighted by molar-refractivity contribution is 6.31. The number of pyridine rings is 1. The predicted octanol–water partition coefficient (Wildman–Crippen LogP) is 2.68. The molecule has 0 amide bonds. The fourth-order valence-electron chi connectivity index (χ4n) is 1.74. The smallest absolute Gasteiger partial charge is 0.161 e. The summed E-state index contributed by atoms with van der Waals surface area (Å²) >= 11 is 5.82. The first kappa shape index (κ1) is 13.4. The lowest BCUT2D eigenvalue weighted by Crippen LogP contribution is -2.05. The third kappa shape index (κ3) is 3.46. The van der Waals surface area contributed by atoms with Crippen molar-refractivity contribution >= 4 is 17.4 Å². The van der Waals surface area contributed by atoms with Crippen molar-refractivity contribution in [2.75, 3.05) is 11.9 Å². The summed E-state index contributed by atoms with van der Waals surface area (Å²) < 4.78 is 0. The Balaban J connectivity index is 1.83. The van der Waals surface area contributed by atoms with Crippen molar-refractivity contribution in [3.63, 3.8) is 0 Å². The maximum Gasteiger partial charge on any atom is 0.161 e. The zero-order valence-corrected chi connectivity index (χ0v) is 11.3. The number of nitrogens with one attached hydrogen (secondary N) is 2. The maximum atomic E-state index is 8.83. The molecule has 0 fully saturated rings. The van der Waals surface area contributed by atoms with Crippen LogP contribution in [0.2, 0.25) is 5.02 Å². The molecule has 2 N–H and O–H groups in total. The topological polar surface area (TPSA) is 77.4 Å². The molecule has 2 heterocycles. The van der Waals surface area contributed by atoms with Crippen LogP contribution >= 0.6 is 11.6 Å². The molecule has 19 heavy (non-hydrogen) atoms. The molecule has 0 aliphatic heterocycles. The second-order valence-corrected chi connectivity index (χ2v) is 4.60. The van der Waals surface area contributed by atoms with Gasteiger partial charge in [-0.1, -0.05) is 11.6 Å². The molecule has 0 unspecified atom stereocenters. The molecule has 0 aliphatic rings. The average Bonchev–Trinajstić information content (AvgIpc) is 2.82. The summed E-state index contributed by atoms with van der Waals surface area (Å²) in [5.41, 5.74) is 2.58. The van der Waals surface area contributed by atoms with Crippen LogP contribution in [0.5, 0.6) is 0 Å². The molecule has 6 heteroatoms. The van der Waals surface area contributed by atoms with Gasteiger partial charge in [0.25, 0.3) is 0 Å². The van der Waals surface area contributed by atoms with Crippen LogP contribution in [0.1, 0.15) is 23.4 Å². The van der Waals surface area contributed by atoms with Gasteiger partial charge in [0.1, 0.15) is 11.9 Å². The van der Waals surface area contributed by atoms with E-state index in [4.69, 9.17) is 16.9 Å². The van der Waals surface area contributed by atoms with Gasteiger partial charge in [-0.2, -0.15) is 10.4 Å². The van der Waals surface area contributed by atoms with Crippen molar-refractivity contribution in [3.05, 3.63) is 40.3 Å². The van der Waals surface area contributed by atoms with Crippen molar-refractivity contribution in [3.8, 4) is 6.07 Å². The van der Waals surface area contributed by atoms with Crippen molar-refractivity contribution in [1.82, 2.24) is 15.2 Å². The minimum Gasteiger partial charge on any atom is -0.370 e. The molecule has 0 bridgehead atoms. The number of aromatic nitrogens is 3. The molecule has 2 aromatic heterocycles. The highest BCUT2D eigenvalue weighted by Gasteiger charge is 2.03. The minimum absolute atomic E-state index is 0.248. The number of halogens is 1. The van der Waals surface area contributed by atoms with Gasteiger partial charge in [0, 0.05) is 12.2 Å². The number of rotatable bonds is 5. The van der Waals surface area contributed by atoms with E-state index in [9.17, 15) is 0 Å². The van der Waals surface area contributed by atoms with Crippen LogP contribution in [-0.2, 0) is 6.42 Å². The molecule has 0 radical (unpaired) electrons. The van der Waals surface area contributed by atoms with Gasteiger partial charge in [0.15, 0.2) is 5.69 Å². The molecule has 0 saturated carbocycles. The summed E-state index contributed by atoms with van der Waals surface area (Å²) in [5, 5.41) is 19.3. The van der Waals surface area contributed by atoms with Gasteiger partial charge in [-0.25, -0.2) is 4.98 Å². The highest BCUT2D eigenvalue weighted by Crippen LogP contribution is 2.15. The first-order valence-corrected chi connectivity index (χ1v) is 6.38. The lowest BCUT2D eigenvalue weighted by atomic mass is 10.1. The Labute approximate surface area is 116 Å². The Morgan fingerprint density at radius 2 is 2.32 bits per heavy atom. The minimum atomic E-state index is 0.248. The summed E-state index contributed by atoms with van der Waals surface area (Å²) in [6.45, 7) is 2.79. The summed E-state index contributed by atoms with van der Waals surface area (Å²) in [7, 11) is 0. The van der Waals surface area contributed by atoms with Crippen LogP contribution in [0.4, 0.5) is 5.82 Å². The van der Waals surface area contributed by atoms with E-state index in [1.807, 2.05) is 19.2 Å². The van der Waals surface area contributed by atoms with Gasteiger partial charge in [-0.05, 0) is 37.5 Å². The highest BCUT2D eigenvalue weighted by atomic mass is 35.5. The third-order valence-corrected chi connectivity index (χ3v) is 3.12. The van der Waals surface area contributed by atoms with Gasteiger partial charge in [0.05, 0.1) is 11.2 Å². The molecule has 0 spiro atoms. The Bertz CT molecular complexity index is 599. The molecular formula is C13H14ClN5. The van der Waals surface area contributed by atoms with Gasteiger partial charge in [0.2, 0.25) is 0 Å². The summed E-state index contributed by atoms with van der Waals surface area (Å²) in [4.78, 5) is 4.12. The predicted molar refractivity (Wildman–Crippen MR) is 74.1 cm³/mol. The molecule has 0 atom stereocenters. The first-order valence-electron chi connectivity index (χ1n) is 6.00.